The highest BCUT2D eigenvalue weighted by atomic mass is 16.5. The van der Waals surface area contributed by atoms with Crippen molar-refractivity contribution in [2.45, 2.75) is 25.4 Å². The summed E-state index contributed by atoms with van der Waals surface area (Å²) in [6.07, 6.45) is 1.48. The summed E-state index contributed by atoms with van der Waals surface area (Å²) in [6, 6.07) is 8.80. The van der Waals surface area contributed by atoms with Crippen LogP contribution in [0.1, 0.15) is 23.5 Å². The molecule has 1 aromatic rings. The van der Waals surface area contributed by atoms with Crippen LogP contribution in [0.5, 0.6) is 0 Å². The topological polar surface area (TPSA) is 21.3 Å². The fraction of sp³-hybridized carbons (Fsp3) is 0.538. The largest absolute Gasteiger partial charge is 0.381 e. The lowest BCUT2D eigenvalue weighted by atomic mass is 9.88. The number of nitrogens with one attached hydrogen (secondary N) is 1. The third kappa shape index (κ3) is 2.39. The molecule has 82 valence electrons. The van der Waals surface area contributed by atoms with Crippen molar-refractivity contribution in [1.29, 1.82) is 0 Å². The summed E-state index contributed by atoms with van der Waals surface area (Å²) in [7, 11) is 1.82. The molecule has 1 aromatic carbocycles. The highest BCUT2D eigenvalue weighted by molar-refractivity contribution is 5.26. The lowest BCUT2D eigenvalue weighted by molar-refractivity contribution is 0.0585. The summed E-state index contributed by atoms with van der Waals surface area (Å²) >= 11 is 0. The van der Waals surface area contributed by atoms with Crippen LogP contribution >= 0.6 is 0 Å². The Bertz CT molecular complexity index is 307. The van der Waals surface area contributed by atoms with Crippen molar-refractivity contribution in [3.63, 3.8) is 0 Å². The van der Waals surface area contributed by atoms with Crippen molar-refractivity contribution in [3.8, 4) is 0 Å². The second-order valence-electron chi connectivity index (χ2n) is 4.28. The van der Waals surface area contributed by atoms with Crippen LogP contribution < -0.4 is 5.32 Å². The first-order valence-electron chi connectivity index (χ1n) is 5.61. The Balaban J connectivity index is 2.16. The first-order chi connectivity index (χ1) is 7.31. The maximum absolute atomic E-state index is 5.55. The van der Waals surface area contributed by atoms with Crippen molar-refractivity contribution in [2.75, 3.05) is 20.2 Å². The molecule has 0 amide bonds. The van der Waals surface area contributed by atoms with E-state index in [-0.39, 0.29) is 0 Å². The van der Waals surface area contributed by atoms with Crippen molar-refractivity contribution in [2.24, 2.45) is 0 Å². The average molecular weight is 205 g/mol. The summed E-state index contributed by atoms with van der Waals surface area (Å²) < 4.78 is 5.55. The Hall–Kier alpha value is -0.860. The number of rotatable bonds is 2. The van der Waals surface area contributed by atoms with Gasteiger partial charge in [0.15, 0.2) is 0 Å². The number of benzene rings is 1. The lowest BCUT2D eigenvalue weighted by Crippen LogP contribution is -2.39. The van der Waals surface area contributed by atoms with Gasteiger partial charge in [-0.2, -0.15) is 0 Å². The molecule has 1 aliphatic heterocycles. The van der Waals surface area contributed by atoms with Gasteiger partial charge in [-0.1, -0.05) is 29.8 Å². The minimum Gasteiger partial charge on any atom is -0.381 e. The predicted molar refractivity (Wildman–Crippen MR) is 62.2 cm³/mol. The Morgan fingerprint density at radius 2 is 2.00 bits per heavy atom. The van der Waals surface area contributed by atoms with Crippen molar-refractivity contribution in [1.82, 2.24) is 5.32 Å². The van der Waals surface area contributed by atoms with Gasteiger partial charge in [0.25, 0.3) is 0 Å². The van der Waals surface area contributed by atoms with Gasteiger partial charge in [0, 0.05) is 19.6 Å². The molecule has 1 N–H and O–H groups in total. The highest BCUT2D eigenvalue weighted by Crippen LogP contribution is 2.25. The van der Waals surface area contributed by atoms with Crippen LogP contribution in [0.4, 0.5) is 0 Å². The zero-order valence-corrected chi connectivity index (χ0v) is 9.49. The van der Waals surface area contributed by atoms with E-state index in [4.69, 9.17) is 4.74 Å². The number of methoxy groups -OCH3 is 1. The molecule has 2 unspecified atom stereocenters. The van der Waals surface area contributed by atoms with E-state index in [1.54, 1.807) is 0 Å². The normalized spacial score (nSPS) is 26.5. The van der Waals surface area contributed by atoms with E-state index in [0.717, 1.165) is 19.5 Å². The molecule has 1 fully saturated rings. The van der Waals surface area contributed by atoms with Crippen molar-refractivity contribution in [3.05, 3.63) is 35.4 Å². The Morgan fingerprint density at radius 3 is 2.67 bits per heavy atom. The van der Waals surface area contributed by atoms with E-state index in [1.807, 2.05) is 7.11 Å². The molecule has 2 heteroatoms. The monoisotopic (exact) mass is 205 g/mol. The number of aryl methyl sites for hydroxylation is 1. The minimum atomic E-state index is 0.369. The van der Waals surface area contributed by atoms with Crippen LogP contribution in [-0.4, -0.2) is 26.3 Å². The first kappa shape index (κ1) is 10.7. The maximum atomic E-state index is 5.55. The zero-order chi connectivity index (χ0) is 10.7. The van der Waals surface area contributed by atoms with E-state index >= 15 is 0 Å². The van der Waals surface area contributed by atoms with E-state index in [0.29, 0.717) is 12.0 Å². The van der Waals surface area contributed by atoms with Gasteiger partial charge in [0.2, 0.25) is 0 Å². The van der Waals surface area contributed by atoms with Crippen LogP contribution in [0.15, 0.2) is 24.3 Å². The molecule has 1 aliphatic rings. The Kier molecular flexibility index (Phi) is 3.39. The molecule has 0 bridgehead atoms. The number of ether oxygens (including phenoxy) is 1. The van der Waals surface area contributed by atoms with Crippen LogP contribution in [0.2, 0.25) is 0 Å². The fourth-order valence-corrected chi connectivity index (χ4v) is 2.26. The summed E-state index contributed by atoms with van der Waals surface area (Å²) in [4.78, 5) is 0. The van der Waals surface area contributed by atoms with Crippen LogP contribution in [0, 0.1) is 6.92 Å². The molecule has 0 saturated carbocycles. The number of hydrogen-bond donors (Lipinski definition) is 1. The molecular weight excluding hydrogens is 186 g/mol. The van der Waals surface area contributed by atoms with Gasteiger partial charge in [-0.3, -0.25) is 0 Å². The fourth-order valence-electron chi connectivity index (χ4n) is 2.26. The number of piperidine rings is 1. The van der Waals surface area contributed by atoms with E-state index in [2.05, 4.69) is 36.5 Å². The van der Waals surface area contributed by atoms with Gasteiger partial charge in [-0.15, -0.1) is 0 Å². The first-order valence-corrected chi connectivity index (χ1v) is 5.61. The van der Waals surface area contributed by atoms with Gasteiger partial charge in [0.05, 0.1) is 6.10 Å². The second-order valence-corrected chi connectivity index (χ2v) is 4.28. The van der Waals surface area contributed by atoms with Gasteiger partial charge in [-0.05, 0) is 25.5 Å². The summed E-state index contributed by atoms with van der Waals surface area (Å²) in [5.74, 6) is 0.504. The standard InChI is InChI=1S/C13H19NO/c1-10-3-5-11(6-4-10)12-9-14-8-7-13(12)15-2/h3-6,12-14H,7-9H2,1-2H3. The minimum absolute atomic E-state index is 0.369. The molecule has 0 spiro atoms. The van der Waals surface area contributed by atoms with Gasteiger partial charge in [0.1, 0.15) is 0 Å². The van der Waals surface area contributed by atoms with Crippen LogP contribution in [0.25, 0.3) is 0 Å². The summed E-state index contributed by atoms with van der Waals surface area (Å²) in [5.41, 5.74) is 2.70. The summed E-state index contributed by atoms with van der Waals surface area (Å²) in [5, 5.41) is 3.43. The van der Waals surface area contributed by atoms with Crippen LogP contribution in [0.3, 0.4) is 0 Å². The molecule has 2 atom stereocenters. The second kappa shape index (κ2) is 4.77. The number of hydrogen-bond acceptors (Lipinski definition) is 2. The summed E-state index contributed by atoms with van der Waals surface area (Å²) in [6.45, 7) is 4.22. The molecule has 2 rings (SSSR count). The quantitative estimate of drug-likeness (QED) is 0.798. The Labute approximate surface area is 91.6 Å². The van der Waals surface area contributed by atoms with Crippen LogP contribution in [-0.2, 0) is 4.74 Å². The lowest BCUT2D eigenvalue weighted by Gasteiger charge is -2.31. The van der Waals surface area contributed by atoms with Crippen molar-refractivity contribution >= 4 is 0 Å². The van der Waals surface area contributed by atoms with E-state index in [1.165, 1.54) is 11.1 Å². The SMILES string of the molecule is COC1CCNCC1c1ccc(C)cc1. The molecular formula is C13H19NO. The Morgan fingerprint density at radius 1 is 1.27 bits per heavy atom. The van der Waals surface area contributed by atoms with E-state index in [9.17, 15) is 0 Å². The maximum Gasteiger partial charge on any atom is 0.0664 e. The molecule has 0 aliphatic carbocycles. The third-order valence-corrected chi connectivity index (χ3v) is 3.23. The smallest absolute Gasteiger partial charge is 0.0664 e. The molecule has 1 heterocycles. The molecule has 0 radical (unpaired) electrons. The molecule has 2 nitrogen and oxygen atoms in total. The van der Waals surface area contributed by atoms with Crippen molar-refractivity contribution < 1.29 is 4.74 Å². The van der Waals surface area contributed by atoms with Gasteiger partial charge >= 0.3 is 0 Å². The van der Waals surface area contributed by atoms with E-state index < -0.39 is 0 Å². The van der Waals surface area contributed by atoms with Gasteiger partial charge < -0.3 is 10.1 Å². The third-order valence-electron chi connectivity index (χ3n) is 3.23. The highest BCUT2D eigenvalue weighted by Gasteiger charge is 2.25. The average Bonchev–Trinajstić information content (AvgIpc) is 2.30. The van der Waals surface area contributed by atoms with Gasteiger partial charge in [-0.25, -0.2) is 0 Å². The zero-order valence-electron chi connectivity index (χ0n) is 9.49. The molecule has 15 heavy (non-hydrogen) atoms. The molecule has 0 aromatic heterocycles. The predicted octanol–water partition coefficient (Wildman–Crippen LogP) is 2.09. The molecule has 1 saturated heterocycles.